The second-order valence-electron chi connectivity index (χ2n) is 4.06. The molecule has 1 heterocycles. The molecule has 1 unspecified atom stereocenters. The van der Waals surface area contributed by atoms with Gasteiger partial charge in [0, 0.05) is 12.2 Å². The number of carbonyl (C=O) groups is 1. The van der Waals surface area contributed by atoms with Crippen molar-refractivity contribution in [1.82, 2.24) is 10.6 Å². The molecule has 16 heavy (non-hydrogen) atoms. The van der Waals surface area contributed by atoms with E-state index in [1.54, 1.807) is 0 Å². The molecule has 2 rings (SSSR count). The molecule has 0 bridgehead atoms. The molecule has 0 spiro atoms. The van der Waals surface area contributed by atoms with E-state index in [4.69, 9.17) is 0 Å². The highest BCUT2D eigenvalue weighted by Crippen LogP contribution is 2.06. The van der Waals surface area contributed by atoms with Crippen LogP contribution in [-0.4, -0.2) is 25.7 Å². The lowest BCUT2D eigenvalue weighted by atomic mass is 10.1. The van der Waals surface area contributed by atoms with Crippen LogP contribution in [0.3, 0.4) is 0 Å². The Hall–Kier alpha value is -1.55. The molecular weight excluding hydrogens is 202 g/mol. The highest BCUT2D eigenvalue weighted by atomic mass is 16.2. The van der Waals surface area contributed by atoms with Gasteiger partial charge in [0.25, 0.3) is 0 Å². The van der Waals surface area contributed by atoms with Crippen molar-refractivity contribution in [3.05, 3.63) is 30.3 Å². The van der Waals surface area contributed by atoms with Gasteiger partial charge in [-0.2, -0.15) is 0 Å². The summed E-state index contributed by atoms with van der Waals surface area (Å²) in [5.74, 6) is 0.571. The molecule has 1 fully saturated rings. The number of hydrogen-bond donors (Lipinski definition) is 3. The van der Waals surface area contributed by atoms with Crippen LogP contribution in [0.4, 0.5) is 10.5 Å². The fourth-order valence-corrected chi connectivity index (χ4v) is 1.82. The van der Waals surface area contributed by atoms with E-state index in [2.05, 4.69) is 16.0 Å². The molecule has 2 amide bonds. The topological polar surface area (TPSA) is 53.2 Å². The van der Waals surface area contributed by atoms with E-state index in [0.29, 0.717) is 5.92 Å². The molecule has 0 aromatic heterocycles. The maximum atomic E-state index is 11.5. The van der Waals surface area contributed by atoms with E-state index in [9.17, 15) is 4.79 Å². The number of benzene rings is 1. The van der Waals surface area contributed by atoms with Gasteiger partial charge in [0.15, 0.2) is 0 Å². The molecule has 0 aliphatic carbocycles. The Bertz CT molecular complexity index is 333. The van der Waals surface area contributed by atoms with E-state index < -0.39 is 0 Å². The van der Waals surface area contributed by atoms with Crippen LogP contribution in [0.5, 0.6) is 0 Å². The first-order chi connectivity index (χ1) is 7.84. The summed E-state index contributed by atoms with van der Waals surface area (Å²) in [5.41, 5.74) is 0.824. The lowest BCUT2D eigenvalue weighted by Gasteiger charge is -2.11. The Morgan fingerprint density at radius 1 is 1.38 bits per heavy atom. The fourth-order valence-electron chi connectivity index (χ4n) is 1.82. The summed E-state index contributed by atoms with van der Waals surface area (Å²) in [6, 6.07) is 9.34. The number of rotatable bonds is 3. The van der Waals surface area contributed by atoms with Crippen molar-refractivity contribution in [2.24, 2.45) is 5.92 Å². The molecule has 3 N–H and O–H groups in total. The first-order valence-corrected chi connectivity index (χ1v) is 5.65. The predicted molar refractivity (Wildman–Crippen MR) is 64.4 cm³/mol. The van der Waals surface area contributed by atoms with E-state index in [1.807, 2.05) is 30.3 Å². The molecule has 1 aliphatic heterocycles. The fraction of sp³-hybridized carbons (Fsp3) is 0.417. The summed E-state index contributed by atoms with van der Waals surface area (Å²) >= 11 is 0. The van der Waals surface area contributed by atoms with Crippen molar-refractivity contribution >= 4 is 11.7 Å². The minimum absolute atomic E-state index is 0.127. The summed E-state index contributed by atoms with van der Waals surface area (Å²) in [6.07, 6.45) is 1.14. The number of urea groups is 1. The van der Waals surface area contributed by atoms with E-state index in [0.717, 1.165) is 31.7 Å². The maximum absolute atomic E-state index is 11.5. The van der Waals surface area contributed by atoms with Crippen LogP contribution < -0.4 is 16.0 Å². The smallest absolute Gasteiger partial charge is 0.319 e. The van der Waals surface area contributed by atoms with Gasteiger partial charge in [0.1, 0.15) is 0 Å². The Morgan fingerprint density at radius 3 is 2.88 bits per heavy atom. The lowest BCUT2D eigenvalue weighted by Crippen LogP contribution is -2.33. The highest BCUT2D eigenvalue weighted by Gasteiger charge is 2.14. The molecule has 1 saturated heterocycles. The van der Waals surface area contributed by atoms with Crippen molar-refractivity contribution in [3.63, 3.8) is 0 Å². The summed E-state index contributed by atoms with van der Waals surface area (Å²) in [6.45, 7) is 2.81. The van der Waals surface area contributed by atoms with Crippen molar-refractivity contribution in [2.45, 2.75) is 6.42 Å². The molecule has 1 atom stereocenters. The van der Waals surface area contributed by atoms with E-state index in [-0.39, 0.29) is 6.03 Å². The molecular formula is C12H17N3O. The SMILES string of the molecule is O=C(NCC1CCNC1)Nc1ccccc1. The Morgan fingerprint density at radius 2 is 2.19 bits per heavy atom. The minimum atomic E-state index is -0.127. The maximum Gasteiger partial charge on any atom is 0.319 e. The van der Waals surface area contributed by atoms with E-state index in [1.165, 1.54) is 0 Å². The van der Waals surface area contributed by atoms with Gasteiger partial charge in [0.2, 0.25) is 0 Å². The molecule has 1 aromatic rings. The van der Waals surface area contributed by atoms with Gasteiger partial charge in [-0.3, -0.25) is 0 Å². The summed E-state index contributed by atoms with van der Waals surface area (Å²) in [5, 5.41) is 8.95. The van der Waals surface area contributed by atoms with Gasteiger partial charge in [-0.1, -0.05) is 18.2 Å². The molecule has 4 heteroatoms. The van der Waals surface area contributed by atoms with Gasteiger partial charge in [-0.25, -0.2) is 4.79 Å². The monoisotopic (exact) mass is 219 g/mol. The van der Waals surface area contributed by atoms with Crippen molar-refractivity contribution < 1.29 is 4.79 Å². The van der Waals surface area contributed by atoms with Crippen molar-refractivity contribution in [1.29, 1.82) is 0 Å². The standard InChI is InChI=1S/C12H17N3O/c16-12(14-9-10-6-7-13-8-10)15-11-4-2-1-3-5-11/h1-5,10,13H,6-9H2,(H2,14,15,16). The second-order valence-corrected chi connectivity index (χ2v) is 4.06. The molecule has 4 nitrogen and oxygen atoms in total. The lowest BCUT2D eigenvalue weighted by molar-refractivity contribution is 0.250. The van der Waals surface area contributed by atoms with Crippen LogP contribution in [0.2, 0.25) is 0 Å². The summed E-state index contributed by atoms with van der Waals surface area (Å²) < 4.78 is 0. The van der Waals surface area contributed by atoms with Gasteiger partial charge in [-0.05, 0) is 37.6 Å². The van der Waals surface area contributed by atoms with Crippen LogP contribution >= 0.6 is 0 Å². The molecule has 0 saturated carbocycles. The third-order valence-electron chi connectivity index (χ3n) is 2.75. The van der Waals surface area contributed by atoms with Crippen LogP contribution in [0.25, 0.3) is 0 Å². The second kappa shape index (κ2) is 5.51. The van der Waals surface area contributed by atoms with Gasteiger partial charge in [-0.15, -0.1) is 0 Å². The van der Waals surface area contributed by atoms with Crippen LogP contribution in [0, 0.1) is 5.92 Å². The molecule has 1 aliphatic rings. The third-order valence-corrected chi connectivity index (χ3v) is 2.75. The molecule has 1 aromatic carbocycles. The van der Waals surface area contributed by atoms with Gasteiger partial charge in [0.05, 0.1) is 0 Å². The van der Waals surface area contributed by atoms with Gasteiger partial charge >= 0.3 is 6.03 Å². The number of nitrogens with one attached hydrogen (secondary N) is 3. The van der Waals surface area contributed by atoms with Crippen molar-refractivity contribution in [2.75, 3.05) is 25.0 Å². The van der Waals surface area contributed by atoms with E-state index >= 15 is 0 Å². The summed E-state index contributed by atoms with van der Waals surface area (Å²) in [4.78, 5) is 11.5. The molecule has 86 valence electrons. The van der Waals surface area contributed by atoms with Crippen LogP contribution in [-0.2, 0) is 0 Å². The van der Waals surface area contributed by atoms with Crippen LogP contribution in [0.1, 0.15) is 6.42 Å². The van der Waals surface area contributed by atoms with Gasteiger partial charge < -0.3 is 16.0 Å². The number of hydrogen-bond acceptors (Lipinski definition) is 2. The predicted octanol–water partition coefficient (Wildman–Crippen LogP) is 1.42. The zero-order chi connectivity index (χ0) is 11.2. The average molecular weight is 219 g/mol. The quantitative estimate of drug-likeness (QED) is 0.720. The van der Waals surface area contributed by atoms with Crippen molar-refractivity contribution in [3.8, 4) is 0 Å². The van der Waals surface area contributed by atoms with Crippen LogP contribution in [0.15, 0.2) is 30.3 Å². The number of para-hydroxylation sites is 1. The Kier molecular flexibility index (Phi) is 3.77. The largest absolute Gasteiger partial charge is 0.338 e. The highest BCUT2D eigenvalue weighted by molar-refractivity contribution is 5.89. The number of anilines is 1. The summed E-state index contributed by atoms with van der Waals surface area (Å²) in [7, 11) is 0. The average Bonchev–Trinajstić information content (AvgIpc) is 2.81. The zero-order valence-corrected chi connectivity index (χ0v) is 9.20. The first kappa shape index (κ1) is 11.0. The normalized spacial score (nSPS) is 19.4. The Labute approximate surface area is 95.4 Å². The first-order valence-electron chi connectivity index (χ1n) is 5.65. The molecule has 0 radical (unpaired) electrons. The zero-order valence-electron chi connectivity index (χ0n) is 9.20. The number of amides is 2. The minimum Gasteiger partial charge on any atom is -0.338 e. The third kappa shape index (κ3) is 3.24. The Balaban J connectivity index is 1.72. The number of carbonyl (C=O) groups excluding carboxylic acids is 1.